The Hall–Kier alpha value is -1.06. The zero-order valence-electron chi connectivity index (χ0n) is 10.2. The van der Waals surface area contributed by atoms with Crippen molar-refractivity contribution in [3.63, 3.8) is 0 Å². The minimum atomic E-state index is -0.797. The largest absolute Gasteiger partial charge is 0.351 e. The van der Waals surface area contributed by atoms with Gasteiger partial charge in [-0.05, 0) is 37.8 Å². The third-order valence-electron chi connectivity index (χ3n) is 2.97. The Bertz CT molecular complexity index is 387. The second-order valence-corrected chi connectivity index (χ2v) is 5.07. The maximum atomic E-state index is 11.7. The molecule has 1 aliphatic carbocycles. The summed E-state index contributed by atoms with van der Waals surface area (Å²) in [6, 6.07) is 8.52. The summed E-state index contributed by atoms with van der Waals surface area (Å²) in [6.45, 7) is 3.45. The maximum Gasteiger partial charge on any atom is 0.239 e. The van der Waals surface area contributed by atoms with Gasteiger partial charge in [0.15, 0.2) is 0 Å². The van der Waals surface area contributed by atoms with Crippen molar-refractivity contribution in [2.24, 2.45) is 5.73 Å². The Balaban J connectivity index is 0.00000144. The number of hydrogen-bond acceptors (Lipinski definition) is 2. The maximum absolute atomic E-state index is 11.7. The zero-order valence-corrected chi connectivity index (χ0v) is 11.0. The van der Waals surface area contributed by atoms with Gasteiger partial charge < -0.3 is 11.1 Å². The number of rotatable bonds is 2. The van der Waals surface area contributed by atoms with E-state index >= 15 is 0 Å². The molecule has 0 saturated carbocycles. The van der Waals surface area contributed by atoms with E-state index in [-0.39, 0.29) is 24.4 Å². The minimum absolute atomic E-state index is 0. The number of amides is 1. The highest BCUT2D eigenvalue weighted by atomic mass is 35.5. The molecule has 1 aromatic rings. The number of nitrogens with one attached hydrogen (secondary N) is 1. The second-order valence-electron chi connectivity index (χ2n) is 5.07. The van der Waals surface area contributed by atoms with Crippen molar-refractivity contribution in [1.29, 1.82) is 0 Å². The highest BCUT2D eigenvalue weighted by Crippen LogP contribution is 2.21. The van der Waals surface area contributed by atoms with Crippen LogP contribution in [0.5, 0.6) is 0 Å². The molecule has 3 nitrogen and oxygen atoms in total. The predicted octanol–water partition coefficient (Wildman–Crippen LogP) is 1.43. The number of benzene rings is 1. The van der Waals surface area contributed by atoms with E-state index in [9.17, 15) is 4.79 Å². The molecule has 1 aliphatic rings. The first-order valence-corrected chi connectivity index (χ1v) is 5.63. The lowest BCUT2D eigenvalue weighted by Crippen LogP contribution is -2.52. The van der Waals surface area contributed by atoms with Crippen molar-refractivity contribution in [1.82, 2.24) is 5.32 Å². The number of halogens is 1. The van der Waals surface area contributed by atoms with Gasteiger partial charge in [0, 0.05) is 6.04 Å². The van der Waals surface area contributed by atoms with Gasteiger partial charge in [-0.25, -0.2) is 0 Å². The molecular formula is C13H19ClN2O. The van der Waals surface area contributed by atoms with E-state index in [0.29, 0.717) is 0 Å². The van der Waals surface area contributed by atoms with Crippen LogP contribution in [0.3, 0.4) is 0 Å². The molecule has 1 amide bonds. The van der Waals surface area contributed by atoms with Gasteiger partial charge in [0.1, 0.15) is 0 Å². The van der Waals surface area contributed by atoms with Crippen molar-refractivity contribution >= 4 is 18.3 Å². The van der Waals surface area contributed by atoms with Crippen molar-refractivity contribution in [3.05, 3.63) is 35.4 Å². The number of fused-ring (bicyclic) bond motifs is 1. The Labute approximate surface area is 108 Å². The lowest BCUT2D eigenvalue weighted by molar-refractivity contribution is -0.125. The van der Waals surface area contributed by atoms with Gasteiger partial charge in [0.05, 0.1) is 5.54 Å². The lowest BCUT2D eigenvalue weighted by Gasteiger charge is -2.21. The summed E-state index contributed by atoms with van der Waals surface area (Å²) >= 11 is 0. The molecule has 0 spiro atoms. The molecule has 3 N–H and O–H groups in total. The SMILES string of the molecule is CC(C)(N)C(=O)NC1Cc2ccccc2C1.Cl. The molecule has 0 aromatic heterocycles. The standard InChI is InChI=1S/C13H18N2O.ClH/c1-13(2,14)12(16)15-11-7-9-5-3-4-6-10(9)8-11;/h3-6,11H,7-8,14H2,1-2H3,(H,15,16);1H. The first kappa shape index (κ1) is 14.0. The van der Waals surface area contributed by atoms with E-state index in [4.69, 9.17) is 5.73 Å². The van der Waals surface area contributed by atoms with Crippen molar-refractivity contribution < 1.29 is 4.79 Å². The van der Waals surface area contributed by atoms with Crippen LogP contribution in [0, 0.1) is 0 Å². The van der Waals surface area contributed by atoms with Crippen molar-refractivity contribution in [3.8, 4) is 0 Å². The van der Waals surface area contributed by atoms with Gasteiger partial charge in [-0.15, -0.1) is 12.4 Å². The molecular weight excluding hydrogens is 236 g/mol. The summed E-state index contributed by atoms with van der Waals surface area (Å²) in [5.41, 5.74) is 7.62. The summed E-state index contributed by atoms with van der Waals surface area (Å²) < 4.78 is 0. The molecule has 0 atom stereocenters. The van der Waals surface area contributed by atoms with Gasteiger partial charge in [0.25, 0.3) is 0 Å². The Morgan fingerprint density at radius 3 is 2.18 bits per heavy atom. The smallest absolute Gasteiger partial charge is 0.239 e. The first-order valence-electron chi connectivity index (χ1n) is 5.63. The van der Waals surface area contributed by atoms with E-state index < -0.39 is 5.54 Å². The number of carbonyl (C=O) groups excluding carboxylic acids is 1. The quantitative estimate of drug-likeness (QED) is 0.839. The van der Waals surface area contributed by atoms with Crippen LogP contribution in [-0.4, -0.2) is 17.5 Å². The van der Waals surface area contributed by atoms with Crippen LogP contribution >= 0.6 is 12.4 Å². The first-order chi connectivity index (χ1) is 7.47. The molecule has 0 unspecified atom stereocenters. The van der Waals surface area contributed by atoms with Gasteiger partial charge in [0.2, 0.25) is 5.91 Å². The van der Waals surface area contributed by atoms with Crippen LogP contribution in [0.15, 0.2) is 24.3 Å². The highest BCUT2D eigenvalue weighted by Gasteiger charge is 2.27. The summed E-state index contributed by atoms with van der Waals surface area (Å²) in [5.74, 6) is -0.0784. The van der Waals surface area contributed by atoms with Crippen LogP contribution in [-0.2, 0) is 17.6 Å². The molecule has 2 rings (SSSR count). The summed E-state index contributed by atoms with van der Waals surface area (Å²) in [4.78, 5) is 11.7. The zero-order chi connectivity index (χ0) is 11.8. The van der Waals surface area contributed by atoms with E-state index in [2.05, 4.69) is 17.4 Å². The number of hydrogen-bond donors (Lipinski definition) is 2. The van der Waals surface area contributed by atoms with E-state index in [1.54, 1.807) is 13.8 Å². The monoisotopic (exact) mass is 254 g/mol. The third-order valence-corrected chi connectivity index (χ3v) is 2.97. The second kappa shape index (κ2) is 5.07. The average molecular weight is 255 g/mol. The molecule has 0 heterocycles. The third kappa shape index (κ3) is 3.20. The fraction of sp³-hybridized carbons (Fsp3) is 0.462. The van der Waals surface area contributed by atoms with Crippen LogP contribution in [0.2, 0.25) is 0 Å². The molecule has 0 bridgehead atoms. The number of nitrogens with two attached hydrogens (primary N) is 1. The van der Waals surface area contributed by atoms with Gasteiger partial charge in [-0.3, -0.25) is 4.79 Å². The molecule has 1 aromatic carbocycles. The Morgan fingerprint density at radius 2 is 1.76 bits per heavy atom. The highest BCUT2D eigenvalue weighted by molar-refractivity contribution is 5.85. The van der Waals surface area contributed by atoms with Crippen molar-refractivity contribution in [2.75, 3.05) is 0 Å². The summed E-state index contributed by atoms with van der Waals surface area (Å²) in [5, 5.41) is 3.00. The average Bonchev–Trinajstić information content (AvgIpc) is 2.58. The molecule has 4 heteroatoms. The Kier molecular flexibility index (Phi) is 4.17. The van der Waals surface area contributed by atoms with E-state index in [1.165, 1.54) is 11.1 Å². The van der Waals surface area contributed by atoms with Crippen LogP contribution in [0.25, 0.3) is 0 Å². The van der Waals surface area contributed by atoms with E-state index in [0.717, 1.165) is 12.8 Å². The molecule has 0 aliphatic heterocycles. The van der Waals surface area contributed by atoms with Gasteiger partial charge in [-0.1, -0.05) is 24.3 Å². The molecule has 0 saturated heterocycles. The number of carbonyl (C=O) groups is 1. The van der Waals surface area contributed by atoms with Crippen molar-refractivity contribution in [2.45, 2.75) is 38.3 Å². The molecule has 17 heavy (non-hydrogen) atoms. The fourth-order valence-corrected chi connectivity index (χ4v) is 2.03. The topological polar surface area (TPSA) is 55.1 Å². The summed E-state index contributed by atoms with van der Waals surface area (Å²) in [6.07, 6.45) is 1.83. The van der Waals surface area contributed by atoms with Crippen LogP contribution < -0.4 is 11.1 Å². The molecule has 94 valence electrons. The summed E-state index contributed by atoms with van der Waals surface area (Å²) in [7, 11) is 0. The minimum Gasteiger partial charge on any atom is -0.351 e. The van der Waals surface area contributed by atoms with Gasteiger partial charge in [-0.2, -0.15) is 0 Å². The predicted molar refractivity (Wildman–Crippen MR) is 71.3 cm³/mol. The fourth-order valence-electron chi connectivity index (χ4n) is 2.03. The lowest BCUT2D eigenvalue weighted by atomic mass is 10.1. The molecule has 0 fully saturated rings. The van der Waals surface area contributed by atoms with Crippen LogP contribution in [0.1, 0.15) is 25.0 Å². The normalized spacial score (nSPS) is 15.0. The van der Waals surface area contributed by atoms with E-state index in [1.807, 2.05) is 12.1 Å². The molecule has 0 radical (unpaired) electrons. The van der Waals surface area contributed by atoms with Gasteiger partial charge >= 0.3 is 0 Å². The Morgan fingerprint density at radius 1 is 1.29 bits per heavy atom. The van der Waals surface area contributed by atoms with Crippen LogP contribution in [0.4, 0.5) is 0 Å².